The molecule has 0 spiro atoms. The Morgan fingerprint density at radius 3 is 1.73 bits per heavy atom. The van der Waals surface area contributed by atoms with E-state index in [0.29, 0.717) is 30.5 Å². The molecule has 39 nitrogen and oxygen atoms in total. The van der Waals surface area contributed by atoms with Crippen molar-refractivity contribution in [3.05, 3.63) is 77.9 Å². The molecule has 2 aromatic carbocycles. The number of carbonyl (C=O) groups excluding carboxylic acids is 13. The van der Waals surface area contributed by atoms with Crippen LogP contribution in [0.25, 0.3) is 0 Å². The van der Waals surface area contributed by atoms with Crippen LogP contribution in [0.1, 0.15) is 145 Å². The monoisotopic (exact) mass is 1760 g/mol. The smallest absolute Gasteiger partial charge is 0.410 e. The van der Waals surface area contributed by atoms with Crippen molar-refractivity contribution in [2.75, 3.05) is 119 Å². The van der Waals surface area contributed by atoms with E-state index >= 15 is 0 Å². The number of ether oxygens (including phenoxy) is 7. The molecule has 0 radical (unpaired) electrons. The largest absolute Gasteiger partial charge is 0.445 e. The van der Waals surface area contributed by atoms with Crippen LogP contribution >= 0.6 is 0 Å². The van der Waals surface area contributed by atoms with E-state index in [0.717, 1.165) is 9.80 Å². The number of carbonyl (C=O) groups is 13. The Morgan fingerprint density at radius 1 is 0.605 bits per heavy atom. The van der Waals surface area contributed by atoms with Crippen LogP contribution < -0.4 is 48.3 Å². The van der Waals surface area contributed by atoms with Crippen LogP contribution in [0.3, 0.4) is 0 Å². The number of hydrogen-bond donors (Lipinski definition) is 15. The molecule has 1 saturated heterocycles. The fraction of sp³-hybridized carbons (Fsp3) is 0.682. The predicted molar refractivity (Wildman–Crippen MR) is 453 cm³/mol. The van der Waals surface area contributed by atoms with Gasteiger partial charge in [0.15, 0.2) is 0 Å². The fourth-order valence-electron chi connectivity index (χ4n) is 14.5. The standard InChI is InChI=1S/C85H137N13O26/c1-16-52(8)72(63(118-14)45-68(106)98-35-32-53(9)73(98)77(119-15)54(10)78(110)89-55(11)74(107)57-21-18-17-19-22-57)95(12)83(115)70(50(4)5)94-82(114)71(51(6)7)96(13)85(117)124-48-56-24-26-58(27-25-56)90-79(111)59(23-20-34-87-84(86)116)92-81(113)69(49(2)3)93-80(112)60(28-29-64(102)88-46-61(100)75(108)76(109)62(101)47-99)91-65(103)33-37-120-39-41-122-43-44-123-42-40-121-38-36-97-66(104)30-31-67(97)105/h17-19,21-22,24-27,30-31,49-55,59-63,69-77,99-101,107-109H,16,20,23,28-29,32-48H2,1-15H3,(H,88,102)(H,89,110)(H,90,111)(H,91,103)(H,92,113)(H,93,112)(H,94,114)(H3,86,87,116)/t52-,53+,54+,55+,59-,60+,61-,62+,63+,69-,70-,71-,72-,73?,74+,75+,76+,77+/m0/s1. The highest BCUT2D eigenvalue weighted by Crippen LogP contribution is 2.34. The number of urea groups is 1. The van der Waals surface area contributed by atoms with Crippen LogP contribution in [0.15, 0.2) is 66.7 Å². The molecule has 0 aromatic heterocycles. The van der Waals surface area contributed by atoms with Crippen LogP contribution in [0.4, 0.5) is 15.3 Å². The first-order chi connectivity index (χ1) is 58.7. The molecular weight excluding hydrogens is 1620 g/mol. The van der Waals surface area contributed by atoms with Gasteiger partial charge in [-0.05, 0) is 85.5 Å². The average molecular weight is 1760 g/mol. The van der Waals surface area contributed by atoms with E-state index < -0.39 is 206 Å². The van der Waals surface area contributed by atoms with Crippen LogP contribution in [0.2, 0.25) is 0 Å². The average Bonchev–Trinajstić information content (AvgIpc) is 1.40. The third-order valence-corrected chi connectivity index (χ3v) is 22.0. The van der Waals surface area contributed by atoms with Gasteiger partial charge in [-0.3, -0.25) is 62.5 Å². The molecule has 16 N–H and O–H groups in total. The minimum absolute atomic E-state index is 0.0120. The first kappa shape index (κ1) is 107. The summed E-state index contributed by atoms with van der Waals surface area (Å²) in [5.74, 6) is -9.28. The maximum atomic E-state index is 15.0. The van der Waals surface area contributed by atoms with E-state index in [9.17, 15) is 87.9 Å². The first-order valence-electron chi connectivity index (χ1n) is 42.4. The molecule has 698 valence electrons. The van der Waals surface area contributed by atoms with Crippen molar-refractivity contribution in [2.24, 2.45) is 41.2 Å². The van der Waals surface area contributed by atoms with Gasteiger partial charge < -0.3 is 122 Å². The second kappa shape index (κ2) is 55.2. The highest BCUT2D eigenvalue weighted by Gasteiger charge is 2.47. The molecule has 2 aliphatic rings. The number of primary amides is 1. The number of benzene rings is 2. The van der Waals surface area contributed by atoms with Crippen molar-refractivity contribution in [1.29, 1.82) is 0 Å². The minimum atomic E-state index is -2.00. The lowest BCUT2D eigenvalue weighted by atomic mass is 9.88. The van der Waals surface area contributed by atoms with Gasteiger partial charge in [0, 0.05) is 78.6 Å². The summed E-state index contributed by atoms with van der Waals surface area (Å²) < 4.78 is 39.8. The van der Waals surface area contributed by atoms with Gasteiger partial charge in [-0.2, -0.15) is 0 Å². The minimum Gasteiger partial charge on any atom is -0.445 e. The second-order valence-electron chi connectivity index (χ2n) is 32.4. The maximum Gasteiger partial charge on any atom is 0.410 e. The molecule has 1 fully saturated rings. The maximum absolute atomic E-state index is 15.0. The Bertz CT molecular complexity index is 3720. The number of hydrogen-bond acceptors (Lipinski definition) is 26. The normalized spacial score (nSPS) is 17.9. The van der Waals surface area contributed by atoms with Gasteiger partial charge in [0.25, 0.3) is 11.8 Å². The molecule has 0 bridgehead atoms. The number of imide groups is 1. The summed E-state index contributed by atoms with van der Waals surface area (Å²) in [6.07, 6.45) is -8.75. The van der Waals surface area contributed by atoms with Crippen molar-refractivity contribution < 1.29 is 126 Å². The quantitative estimate of drug-likeness (QED) is 0.0307. The molecule has 14 amide bonds. The molecule has 2 heterocycles. The third-order valence-electron chi connectivity index (χ3n) is 22.0. The summed E-state index contributed by atoms with van der Waals surface area (Å²) in [5, 5.41) is 81.9. The summed E-state index contributed by atoms with van der Waals surface area (Å²) >= 11 is 0. The number of aliphatic hydroxyl groups excluding tert-OH is 6. The first-order valence-corrected chi connectivity index (χ1v) is 42.4. The summed E-state index contributed by atoms with van der Waals surface area (Å²) in [7, 11) is 5.99. The van der Waals surface area contributed by atoms with Crippen molar-refractivity contribution >= 4 is 82.8 Å². The van der Waals surface area contributed by atoms with E-state index in [1.54, 1.807) is 104 Å². The van der Waals surface area contributed by atoms with Gasteiger partial charge in [0.05, 0.1) is 121 Å². The molecule has 4 rings (SSSR count). The Morgan fingerprint density at radius 2 is 1.18 bits per heavy atom. The highest BCUT2D eigenvalue weighted by molar-refractivity contribution is 6.13. The van der Waals surface area contributed by atoms with Gasteiger partial charge in [-0.15, -0.1) is 0 Å². The highest BCUT2D eigenvalue weighted by atomic mass is 16.6. The van der Waals surface area contributed by atoms with E-state index in [1.165, 1.54) is 50.5 Å². The van der Waals surface area contributed by atoms with Crippen molar-refractivity contribution in [3.63, 3.8) is 0 Å². The number of rotatable bonds is 58. The van der Waals surface area contributed by atoms with E-state index in [-0.39, 0.29) is 128 Å². The predicted octanol–water partition coefficient (Wildman–Crippen LogP) is 0.0362. The second-order valence-corrected chi connectivity index (χ2v) is 32.4. The Kier molecular flexibility index (Phi) is 47.6. The fourth-order valence-corrected chi connectivity index (χ4v) is 14.5. The van der Waals surface area contributed by atoms with E-state index in [1.807, 2.05) is 26.8 Å². The number of likely N-dealkylation sites (tertiary alicyclic amines) is 1. The number of amides is 14. The lowest BCUT2D eigenvalue weighted by molar-refractivity contribution is -0.148. The van der Waals surface area contributed by atoms with Gasteiger partial charge >= 0.3 is 12.1 Å². The zero-order valence-corrected chi connectivity index (χ0v) is 74.2. The van der Waals surface area contributed by atoms with Crippen LogP contribution in [-0.4, -0.2) is 326 Å². The lowest BCUT2D eigenvalue weighted by Crippen LogP contribution is -2.60. The van der Waals surface area contributed by atoms with E-state index in [2.05, 4.69) is 42.5 Å². The molecule has 39 heteroatoms. The van der Waals surface area contributed by atoms with Crippen LogP contribution in [0, 0.1) is 35.5 Å². The molecule has 0 saturated carbocycles. The molecule has 124 heavy (non-hydrogen) atoms. The molecule has 2 aromatic rings. The molecule has 2 aliphatic heterocycles. The lowest BCUT2D eigenvalue weighted by Gasteiger charge is -2.41. The topological polar surface area (TPSA) is 543 Å². The summed E-state index contributed by atoms with van der Waals surface area (Å²) in [5.41, 5.74) is 6.62. The summed E-state index contributed by atoms with van der Waals surface area (Å²) in [6.45, 7) is 19.1. The molecule has 1 unspecified atom stereocenters. The Balaban J connectivity index is 1.40. The number of nitrogens with one attached hydrogen (secondary N) is 8. The number of nitrogens with zero attached hydrogens (tertiary/aromatic N) is 4. The summed E-state index contributed by atoms with van der Waals surface area (Å²) in [6, 6.07) is 5.91. The SMILES string of the molecule is CC[C@H](C)[C@@H]([C@@H](CC(=O)N1CC[C@@H](C)C1[C@H](OC)[C@@H](C)C(=O)N[C@H](C)[C@@H](O)c1ccccc1)OC)N(C)C(=O)[C@@H](NC(=O)[C@H](C(C)C)N(C)C(=O)OCc1ccc(NC(=O)[C@H](CCCNC(N)=O)NC(=O)[C@@H](NC(=O)[C@@H](CCC(=O)NC[C@H](O)[C@@H](O)[C@H](O)[C@H](O)CO)NC(=O)CCOCCOCCOCCOCCN2C(=O)C=CC2=O)C(C)C)cc1)C(C)C. The number of aliphatic hydroxyl groups is 6. The Labute approximate surface area is 726 Å². The molecular formula is C85H137N13O26. The molecule has 0 aliphatic carbocycles. The number of methoxy groups -OCH3 is 2. The zero-order chi connectivity index (χ0) is 92.6. The summed E-state index contributed by atoms with van der Waals surface area (Å²) in [4.78, 5) is 182. The van der Waals surface area contributed by atoms with Crippen molar-refractivity contribution in [1.82, 2.24) is 56.8 Å². The van der Waals surface area contributed by atoms with Crippen molar-refractivity contribution in [2.45, 2.75) is 225 Å². The number of likely N-dealkylation sites (N-methyl/N-ethyl adjacent to an activating group) is 2. The molecule has 18 atom stereocenters. The number of anilines is 1. The van der Waals surface area contributed by atoms with Crippen molar-refractivity contribution in [3.8, 4) is 0 Å². The zero-order valence-electron chi connectivity index (χ0n) is 74.2. The van der Waals surface area contributed by atoms with Crippen LogP contribution in [-0.2, 0) is 92.5 Å². The number of nitrogens with two attached hydrogens (primary N) is 1. The van der Waals surface area contributed by atoms with Crippen LogP contribution in [0.5, 0.6) is 0 Å². The van der Waals surface area contributed by atoms with E-state index in [4.69, 9.17) is 44.0 Å². The van der Waals surface area contributed by atoms with Gasteiger partial charge in [0.2, 0.25) is 53.2 Å². The van der Waals surface area contributed by atoms with Gasteiger partial charge in [-0.1, -0.05) is 118 Å². The Hall–Kier alpha value is -9.39. The van der Waals surface area contributed by atoms with Gasteiger partial charge in [-0.25, -0.2) is 9.59 Å². The third kappa shape index (κ3) is 34.5. The van der Waals surface area contributed by atoms with Gasteiger partial charge in [0.1, 0.15) is 55.1 Å².